The van der Waals surface area contributed by atoms with Crippen LogP contribution in [0.5, 0.6) is 5.75 Å². The first-order valence-corrected chi connectivity index (χ1v) is 15.6. The molecule has 0 radical (unpaired) electrons. The molecule has 2 aromatic rings. The summed E-state index contributed by atoms with van der Waals surface area (Å²) in [4.78, 5) is 32.5. The minimum atomic E-state index is -3.17. The van der Waals surface area contributed by atoms with Crippen molar-refractivity contribution in [1.82, 2.24) is 10.2 Å². The Labute approximate surface area is 234 Å². The van der Waals surface area contributed by atoms with E-state index in [1.54, 1.807) is 27.9 Å². The number of methoxy groups -OCH3 is 1. The van der Waals surface area contributed by atoms with Gasteiger partial charge in [0.1, 0.15) is 17.4 Å². The Morgan fingerprint density at radius 1 is 1.08 bits per heavy atom. The van der Waals surface area contributed by atoms with Gasteiger partial charge < -0.3 is 19.7 Å². The lowest BCUT2D eigenvalue weighted by atomic mass is 10.1. The lowest BCUT2D eigenvalue weighted by molar-refractivity contribution is -0.119. The summed E-state index contributed by atoms with van der Waals surface area (Å²) in [5.41, 5.74) is 1.20. The Morgan fingerprint density at radius 2 is 1.77 bits per heavy atom. The van der Waals surface area contributed by atoms with E-state index in [9.17, 15) is 18.0 Å². The number of alkyl carbamates (subject to hydrolysis) is 1. The average molecular weight is 574 g/mol. The van der Waals surface area contributed by atoms with E-state index in [1.807, 2.05) is 59.5 Å². The molecule has 0 bridgehead atoms. The number of amides is 2. The third kappa shape index (κ3) is 7.98. The van der Waals surface area contributed by atoms with E-state index in [4.69, 9.17) is 9.47 Å². The predicted molar refractivity (Wildman–Crippen MR) is 153 cm³/mol. The van der Waals surface area contributed by atoms with E-state index in [0.717, 1.165) is 16.9 Å². The molecule has 0 aliphatic carbocycles. The van der Waals surface area contributed by atoms with Crippen LogP contribution in [0.4, 0.5) is 4.79 Å². The summed E-state index contributed by atoms with van der Waals surface area (Å²) < 4.78 is 35.4. The van der Waals surface area contributed by atoms with Crippen LogP contribution in [0.2, 0.25) is 0 Å². The number of nitrogens with zero attached hydrogens (tertiary/aromatic N) is 2. The summed E-state index contributed by atoms with van der Waals surface area (Å²) in [6.07, 6.45) is 0.188. The van der Waals surface area contributed by atoms with Gasteiger partial charge in [-0.2, -0.15) is 4.99 Å². The Kier molecular flexibility index (Phi) is 8.90. The van der Waals surface area contributed by atoms with Crippen molar-refractivity contribution in [3.63, 3.8) is 0 Å². The molecule has 1 N–H and O–H groups in total. The van der Waals surface area contributed by atoms with Crippen LogP contribution in [0, 0.1) is 0 Å². The van der Waals surface area contributed by atoms with Crippen LogP contribution in [-0.4, -0.2) is 78.6 Å². The number of hydrogen-bond acceptors (Lipinski definition) is 7. The molecule has 0 aromatic heterocycles. The number of carbonyl (C=O) groups is 2. The summed E-state index contributed by atoms with van der Waals surface area (Å²) in [6, 6.07) is 15.9. The number of nitrogens with one attached hydrogen (secondary N) is 1. The highest BCUT2D eigenvalue weighted by molar-refractivity contribution is 8.15. The zero-order valence-electron chi connectivity index (χ0n) is 22.6. The van der Waals surface area contributed by atoms with Crippen molar-refractivity contribution >= 4 is 38.8 Å². The van der Waals surface area contributed by atoms with Crippen molar-refractivity contribution in [3.8, 4) is 5.75 Å². The molecule has 4 rings (SSSR count). The van der Waals surface area contributed by atoms with Gasteiger partial charge in [-0.15, -0.1) is 0 Å². The van der Waals surface area contributed by atoms with Crippen molar-refractivity contribution in [1.29, 1.82) is 0 Å². The fraction of sp³-hybridized carbons (Fsp3) is 0.464. The Balaban J connectivity index is 1.56. The number of carbonyl (C=O) groups excluding carboxylic acids is 2. The summed E-state index contributed by atoms with van der Waals surface area (Å²) in [5, 5.41) is 2.99. The fourth-order valence-electron chi connectivity index (χ4n) is 4.61. The van der Waals surface area contributed by atoms with Gasteiger partial charge >= 0.3 is 6.09 Å². The highest BCUT2D eigenvalue weighted by Crippen LogP contribution is 2.38. The van der Waals surface area contributed by atoms with Crippen molar-refractivity contribution in [3.05, 3.63) is 65.7 Å². The molecule has 3 atom stereocenters. The smallest absolute Gasteiger partial charge is 0.408 e. The van der Waals surface area contributed by atoms with Crippen molar-refractivity contribution in [2.75, 3.05) is 25.2 Å². The number of hydrogen-bond donors (Lipinski definition) is 1. The number of rotatable bonds is 8. The molecule has 210 valence electrons. The van der Waals surface area contributed by atoms with Crippen LogP contribution in [0.25, 0.3) is 0 Å². The monoisotopic (exact) mass is 573 g/mol. The zero-order valence-corrected chi connectivity index (χ0v) is 24.3. The molecule has 39 heavy (non-hydrogen) atoms. The standard InChI is InChI=1S/C28H35N3O6S2/c1-28(2,3)37-27(33)29-22(16-20-8-6-5-7-9-20)25(32)30-26-31(23-17-39(34,35)18-24(23)38-26)15-14-19-10-12-21(36-4)13-11-19/h5-13,22-24H,14-18H2,1-4H3,(H,29,33)/t22-,23-,24+/m0/s1. The van der Waals surface area contributed by atoms with Crippen LogP contribution < -0.4 is 10.1 Å². The van der Waals surface area contributed by atoms with Gasteiger partial charge in [-0.25, -0.2) is 13.2 Å². The summed E-state index contributed by atoms with van der Waals surface area (Å²) >= 11 is 1.33. The van der Waals surface area contributed by atoms with E-state index in [0.29, 0.717) is 18.1 Å². The Bertz CT molecular complexity index is 1310. The van der Waals surface area contributed by atoms with Crippen LogP contribution in [-0.2, 0) is 32.2 Å². The Morgan fingerprint density at radius 3 is 2.41 bits per heavy atom. The number of fused-ring (bicyclic) bond motifs is 1. The zero-order chi connectivity index (χ0) is 28.2. The highest BCUT2D eigenvalue weighted by Gasteiger charge is 2.48. The first-order valence-electron chi connectivity index (χ1n) is 12.8. The first-order chi connectivity index (χ1) is 18.4. The minimum absolute atomic E-state index is 0.0318. The second-order valence-corrected chi connectivity index (χ2v) is 14.1. The quantitative estimate of drug-likeness (QED) is 0.511. The van der Waals surface area contributed by atoms with Crippen LogP contribution in [0.15, 0.2) is 59.6 Å². The maximum absolute atomic E-state index is 13.5. The molecule has 2 aliphatic heterocycles. The van der Waals surface area contributed by atoms with Crippen LogP contribution >= 0.6 is 11.8 Å². The molecule has 0 saturated carbocycles. The van der Waals surface area contributed by atoms with E-state index in [1.165, 1.54) is 11.8 Å². The van der Waals surface area contributed by atoms with E-state index in [2.05, 4.69) is 10.3 Å². The van der Waals surface area contributed by atoms with Gasteiger partial charge in [0.15, 0.2) is 15.0 Å². The molecule has 2 amide bonds. The minimum Gasteiger partial charge on any atom is -0.497 e. The molecule has 2 aliphatic rings. The molecule has 11 heteroatoms. The number of thioether (sulfide) groups is 1. The molecule has 2 heterocycles. The fourth-order valence-corrected chi connectivity index (χ4v) is 8.59. The van der Waals surface area contributed by atoms with Gasteiger partial charge in [-0.1, -0.05) is 54.2 Å². The van der Waals surface area contributed by atoms with E-state index >= 15 is 0 Å². The molecule has 2 saturated heterocycles. The molecule has 9 nitrogen and oxygen atoms in total. The van der Waals surface area contributed by atoms with Crippen molar-refractivity contribution in [2.45, 2.75) is 56.5 Å². The number of sulfone groups is 1. The summed E-state index contributed by atoms with van der Waals surface area (Å²) in [7, 11) is -1.55. The second-order valence-electron chi connectivity index (χ2n) is 10.7. The predicted octanol–water partition coefficient (Wildman–Crippen LogP) is 3.47. The van der Waals surface area contributed by atoms with E-state index in [-0.39, 0.29) is 29.2 Å². The van der Waals surface area contributed by atoms with Gasteiger partial charge in [0.05, 0.1) is 24.7 Å². The highest BCUT2D eigenvalue weighted by atomic mass is 32.2. The average Bonchev–Trinajstić information content (AvgIpc) is 3.32. The molecule has 0 unspecified atom stereocenters. The SMILES string of the molecule is COc1ccc(CCN2C(=NC(=O)[C@H](Cc3ccccc3)NC(=O)OC(C)(C)C)S[C@@H]3CS(=O)(=O)C[C@@H]32)cc1. The number of aliphatic imine (C=N–C) groups is 1. The topological polar surface area (TPSA) is 114 Å². The number of ether oxygens (including phenoxy) is 2. The molecule has 0 spiro atoms. The molecular formula is C28H35N3O6S2. The normalized spacial score (nSPS) is 21.8. The van der Waals surface area contributed by atoms with Crippen LogP contribution in [0.1, 0.15) is 31.9 Å². The maximum Gasteiger partial charge on any atom is 0.408 e. The van der Waals surface area contributed by atoms with Gasteiger partial charge in [0.2, 0.25) is 0 Å². The molecule has 2 fully saturated rings. The lowest BCUT2D eigenvalue weighted by Gasteiger charge is -2.25. The summed E-state index contributed by atoms with van der Waals surface area (Å²) in [5.74, 6) is 0.333. The van der Waals surface area contributed by atoms with Crippen LogP contribution in [0.3, 0.4) is 0 Å². The van der Waals surface area contributed by atoms with Gasteiger partial charge in [-0.05, 0) is 50.5 Å². The van der Waals surface area contributed by atoms with Gasteiger partial charge in [0, 0.05) is 18.2 Å². The molecule has 2 aromatic carbocycles. The summed E-state index contributed by atoms with van der Waals surface area (Å²) in [6.45, 7) is 5.77. The van der Waals surface area contributed by atoms with Gasteiger partial charge in [-0.3, -0.25) is 4.79 Å². The van der Waals surface area contributed by atoms with Crippen molar-refractivity contribution < 1.29 is 27.5 Å². The number of amidine groups is 1. The largest absolute Gasteiger partial charge is 0.497 e. The van der Waals surface area contributed by atoms with Crippen molar-refractivity contribution in [2.24, 2.45) is 4.99 Å². The Hall–Kier alpha value is -3.05. The second kappa shape index (κ2) is 12.0. The first kappa shape index (κ1) is 28.9. The third-order valence-electron chi connectivity index (χ3n) is 6.45. The van der Waals surface area contributed by atoms with E-state index < -0.39 is 33.5 Å². The lowest BCUT2D eigenvalue weighted by Crippen LogP contribution is -2.45. The maximum atomic E-state index is 13.5. The van der Waals surface area contributed by atoms with Gasteiger partial charge in [0.25, 0.3) is 5.91 Å². The third-order valence-corrected chi connectivity index (χ3v) is 9.70. The number of benzene rings is 2. The molecular weight excluding hydrogens is 538 g/mol.